The molecule has 1 aromatic carbocycles. The van der Waals surface area contributed by atoms with Crippen LogP contribution in [0.2, 0.25) is 0 Å². The SMILES string of the molecule is CCCc1ccc([C@H]([NH2+]CC(=O)NC(=O)NCC(C)C)c2cccs2)cc1. The van der Waals surface area contributed by atoms with Crippen LogP contribution in [0.5, 0.6) is 0 Å². The van der Waals surface area contributed by atoms with Gasteiger partial charge in [-0.1, -0.05) is 57.5 Å². The van der Waals surface area contributed by atoms with Crippen molar-refractivity contribution < 1.29 is 14.9 Å². The van der Waals surface area contributed by atoms with Crippen molar-refractivity contribution in [2.24, 2.45) is 5.92 Å². The summed E-state index contributed by atoms with van der Waals surface area (Å²) in [5.41, 5.74) is 2.49. The Morgan fingerprint density at radius 3 is 2.48 bits per heavy atom. The van der Waals surface area contributed by atoms with E-state index >= 15 is 0 Å². The number of thiophene rings is 1. The molecule has 3 amide bonds. The molecular weight excluding hydrogens is 358 g/mol. The van der Waals surface area contributed by atoms with Crippen LogP contribution >= 0.6 is 11.3 Å². The predicted molar refractivity (Wildman–Crippen MR) is 110 cm³/mol. The molecule has 2 aromatic rings. The Morgan fingerprint density at radius 2 is 1.89 bits per heavy atom. The Bertz CT molecular complexity index is 712. The van der Waals surface area contributed by atoms with Crippen LogP contribution in [-0.2, 0) is 11.2 Å². The zero-order valence-electron chi connectivity index (χ0n) is 16.3. The summed E-state index contributed by atoms with van der Waals surface area (Å²) in [5, 5.41) is 9.11. The summed E-state index contributed by atoms with van der Waals surface area (Å²) in [6, 6.07) is 12.3. The number of quaternary nitrogens is 1. The zero-order chi connectivity index (χ0) is 19.6. The highest BCUT2D eigenvalue weighted by Crippen LogP contribution is 2.23. The molecule has 2 rings (SSSR count). The first kappa shape index (κ1) is 21.1. The number of aryl methyl sites for hydroxylation is 1. The number of amides is 3. The van der Waals surface area contributed by atoms with Gasteiger partial charge in [-0.15, -0.1) is 11.3 Å². The smallest absolute Gasteiger partial charge is 0.321 e. The fraction of sp³-hybridized carbons (Fsp3) is 0.429. The lowest BCUT2D eigenvalue weighted by molar-refractivity contribution is -0.676. The number of imide groups is 1. The highest BCUT2D eigenvalue weighted by Gasteiger charge is 2.20. The standard InChI is InChI=1S/C21H29N3O2S/c1-4-6-16-8-10-17(11-9-16)20(18-7-5-12-27-18)22-14-19(25)24-21(26)23-13-15(2)3/h5,7-12,15,20,22H,4,6,13-14H2,1-3H3,(H2,23,24,25,26)/p+1/t20-/m0/s1. The molecule has 4 N–H and O–H groups in total. The van der Waals surface area contributed by atoms with Gasteiger partial charge in [-0.2, -0.15) is 0 Å². The van der Waals surface area contributed by atoms with Gasteiger partial charge < -0.3 is 10.6 Å². The maximum Gasteiger partial charge on any atom is 0.321 e. The van der Waals surface area contributed by atoms with Gasteiger partial charge >= 0.3 is 6.03 Å². The zero-order valence-corrected chi connectivity index (χ0v) is 17.1. The topological polar surface area (TPSA) is 74.8 Å². The molecule has 1 aromatic heterocycles. The minimum Gasteiger partial charge on any atom is -0.338 e. The second-order valence-electron chi connectivity index (χ2n) is 7.08. The van der Waals surface area contributed by atoms with Gasteiger partial charge in [0.25, 0.3) is 5.91 Å². The third-order valence-electron chi connectivity index (χ3n) is 4.19. The molecule has 0 fully saturated rings. The number of carbonyl (C=O) groups is 2. The first-order chi connectivity index (χ1) is 13.0. The van der Waals surface area contributed by atoms with Crippen molar-refractivity contribution in [2.45, 2.75) is 39.7 Å². The van der Waals surface area contributed by atoms with Crippen LogP contribution in [0, 0.1) is 5.92 Å². The molecule has 0 radical (unpaired) electrons. The van der Waals surface area contributed by atoms with E-state index in [2.05, 4.69) is 47.9 Å². The molecule has 1 heterocycles. The number of rotatable bonds is 9. The number of nitrogens with one attached hydrogen (secondary N) is 2. The minimum atomic E-state index is -0.432. The Balaban J connectivity index is 1.97. The van der Waals surface area contributed by atoms with Gasteiger partial charge in [0.15, 0.2) is 6.54 Å². The molecule has 1 atom stereocenters. The van der Waals surface area contributed by atoms with E-state index in [1.807, 2.05) is 30.6 Å². The summed E-state index contributed by atoms with van der Waals surface area (Å²) in [4.78, 5) is 25.1. The van der Waals surface area contributed by atoms with Gasteiger partial charge in [0.2, 0.25) is 0 Å². The minimum absolute atomic E-state index is 0.0464. The largest absolute Gasteiger partial charge is 0.338 e. The number of nitrogens with two attached hydrogens (primary N) is 1. The molecule has 5 nitrogen and oxygen atoms in total. The summed E-state index contributed by atoms with van der Waals surface area (Å²) in [6.07, 6.45) is 2.19. The van der Waals surface area contributed by atoms with Crippen molar-refractivity contribution >= 4 is 23.3 Å². The molecule has 0 aliphatic carbocycles. The average Bonchev–Trinajstić information content (AvgIpc) is 3.16. The average molecular weight is 389 g/mol. The molecule has 146 valence electrons. The van der Waals surface area contributed by atoms with Crippen LogP contribution in [0.3, 0.4) is 0 Å². The first-order valence-electron chi connectivity index (χ1n) is 9.52. The number of carbonyl (C=O) groups excluding carboxylic acids is 2. The van der Waals surface area contributed by atoms with Gasteiger partial charge in [-0.3, -0.25) is 10.1 Å². The van der Waals surface area contributed by atoms with Crippen LogP contribution in [0.1, 0.15) is 49.2 Å². The van der Waals surface area contributed by atoms with Crippen molar-refractivity contribution in [3.8, 4) is 0 Å². The van der Waals surface area contributed by atoms with Crippen molar-refractivity contribution in [1.82, 2.24) is 10.6 Å². The van der Waals surface area contributed by atoms with Gasteiger partial charge in [0.1, 0.15) is 6.04 Å². The van der Waals surface area contributed by atoms with Crippen LogP contribution in [0.25, 0.3) is 0 Å². The van der Waals surface area contributed by atoms with E-state index in [1.54, 1.807) is 11.3 Å². The third kappa shape index (κ3) is 7.15. The monoisotopic (exact) mass is 388 g/mol. The Labute approximate surface area is 165 Å². The molecule has 0 bridgehead atoms. The normalized spacial score (nSPS) is 12.0. The van der Waals surface area contributed by atoms with E-state index in [9.17, 15) is 9.59 Å². The van der Waals surface area contributed by atoms with E-state index < -0.39 is 6.03 Å². The van der Waals surface area contributed by atoms with Gasteiger partial charge in [-0.25, -0.2) is 4.79 Å². The molecule has 0 spiro atoms. The lowest BCUT2D eigenvalue weighted by atomic mass is 10.0. The highest BCUT2D eigenvalue weighted by molar-refractivity contribution is 7.10. The highest BCUT2D eigenvalue weighted by atomic mass is 32.1. The first-order valence-corrected chi connectivity index (χ1v) is 10.4. The summed E-state index contributed by atoms with van der Waals surface area (Å²) < 4.78 is 0. The van der Waals surface area contributed by atoms with E-state index in [4.69, 9.17) is 0 Å². The van der Waals surface area contributed by atoms with Gasteiger partial charge in [-0.05, 0) is 29.3 Å². The predicted octanol–water partition coefficient (Wildman–Crippen LogP) is 2.84. The van der Waals surface area contributed by atoms with Crippen molar-refractivity contribution in [1.29, 1.82) is 0 Å². The van der Waals surface area contributed by atoms with Crippen LogP contribution in [0.15, 0.2) is 41.8 Å². The fourth-order valence-corrected chi connectivity index (χ4v) is 3.66. The number of urea groups is 1. The second-order valence-corrected chi connectivity index (χ2v) is 8.06. The summed E-state index contributed by atoms with van der Waals surface area (Å²) in [6.45, 7) is 6.92. The Kier molecular flexibility index (Phi) is 8.48. The van der Waals surface area contributed by atoms with Crippen LogP contribution in [0.4, 0.5) is 4.79 Å². The van der Waals surface area contributed by atoms with Crippen LogP contribution in [-0.4, -0.2) is 25.0 Å². The summed E-state index contributed by atoms with van der Waals surface area (Å²) >= 11 is 1.67. The van der Waals surface area contributed by atoms with E-state index in [0.717, 1.165) is 18.4 Å². The number of hydrogen-bond donors (Lipinski definition) is 3. The quantitative estimate of drug-likeness (QED) is 0.618. The summed E-state index contributed by atoms with van der Waals surface area (Å²) in [5.74, 6) is 0.0525. The fourth-order valence-electron chi connectivity index (χ4n) is 2.81. The molecular formula is C21H30N3O2S+. The molecule has 27 heavy (non-hydrogen) atoms. The van der Waals surface area contributed by atoms with E-state index in [1.165, 1.54) is 10.4 Å². The number of benzene rings is 1. The van der Waals surface area contributed by atoms with Crippen molar-refractivity contribution in [2.75, 3.05) is 13.1 Å². The van der Waals surface area contributed by atoms with Crippen molar-refractivity contribution in [3.63, 3.8) is 0 Å². The third-order valence-corrected chi connectivity index (χ3v) is 5.15. The Morgan fingerprint density at radius 1 is 1.15 bits per heavy atom. The maximum atomic E-state index is 12.1. The molecule has 0 saturated carbocycles. The second kappa shape index (κ2) is 10.8. The molecule has 0 saturated heterocycles. The lowest BCUT2D eigenvalue weighted by Gasteiger charge is -2.15. The summed E-state index contributed by atoms with van der Waals surface area (Å²) in [7, 11) is 0. The lowest BCUT2D eigenvalue weighted by Crippen LogP contribution is -2.87. The molecule has 6 heteroatoms. The number of hydrogen-bond acceptors (Lipinski definition) is 3. The van der Waals surface area contributed by atoms with Gasteiger partial charge in [0.05, 0.1) is 4.88 Å². The molecule has 0 aliphatic rings. The Hall–Kier alpha value is -2.18. The van der Waals surface area contributed by atoms with Gasteiger partial charge in [0, 0.05) is 12.1 Å². The van der Waals surface area contributed by atoms with E-state index in [0.29, 0.717) is 12.5 Å². The van der Waals surface area contributed by atoms with Crippen LogP contribution < -0.4 is 16.0 Å². The molecule has 0 aliphatic heterocycles. The van der Waals surface area contributed by atoms with E-state index in [-0.39, 0.29) is 18.5 Å². The maximum absolute atomic E-state index is 12.1. The molecule has 0 unspecified atom stereocenters. The van der Waals surface area contributed by atoms with Crippen molar-refractivity contribution in [3.05, 3.63) is 57.8 Å².